The molecule has 2 nitrogen and oxygen atoms in total. The molecule has 0 fully saturated rings. The normalized spacial score (nSPS) is 14.4. The van der Waals surface area contributed by atoms with E-state index in [1.807, 2.05) is 0 Å². The summed E-state index contributed by atoms with van der Waals surface area (Å²) >= 11 is 0. The fraction of sp³-hybridized carbons (Fsp3) is 0.933. The molecule has 0 aromatic carbocycles. The Balaban J connectivity index is 4.07. The molecule has 0 N–H and O–H groups in total. The summed E-state index contributed by atoms with van der Waals surface area (Å²) in [5, 5.41) is 0. The number of carbonyl (C=O) groups is 1. The second-order valence-corrected chi connectivity index (χ2v) is 4.86. The van der Waals surface area contributed by atoms with Crippen molar-refractivity contribution in [1.29, 1.82) is 0 Å². The van der Waals surface area contributed by atoms with E-state index < -0.39 is 0 Å². The van der Waals surface area contributed by atoms with Gasteiger partial charge >= 0.3 is 5.97 Å². The van der Waals surface area contributed by atoms with Gasteiger partial charge in [-0.1, -0.05) is 53.4 Å². The van der Waals surface area contributed by atoms with Crippen molar-refractivity contribution in [1.82, 2.24) is 0 Å². The number of esters is 1. The highest BCUT2D eigenvalue weighted by atomic mass is 16.5. The van der Waals surface area contributed by atoms with Crippen molar-refractivity contribution < 1.29 is 9.53 Å². The smallest absolute Gasteiger partial charge is 0.309 e. The molecule has 0 rings (SSSR count). The Morgan fingerprint density at radius 3 is 2.00 bits per heavy atom. The molecule has 2 atom stereocenters. The summed E-state index contributed by atoms with van der Waals surface area (Å²) in [6, 6.07) is 0. The van der Waals surface area contributed by atoms with E-state index in [9.17, 15) is 4.79 Å². The van der Waals surface area contributed by atoms with Gasteiger partial charge in [-0.15, -0.1) is 0 Å². The van der Waals surface area contributed by atoms with E-state index in [1.54, 1.807) is 0 Å². The zero-order chi connectivity index (χ0) is 13.1. The summed E-state index contributed by atoms with van der Waals surface area (Å²) in [6.45, 7) is 8.51. The van der Waals surface area contributed by atoms with Gasteiger partial charge in [0.1, 0.15) is 6.10 Å². The third-order valence-electron chi connectivity index (χ3n) is 3.35. The average Bonchev–Trinajstić information content (AvgIpc) is 2.35. The lowest BCUT2D eigenvalue weighted by atomic mass is 9.99. The van der Waals surface area contributed by atoms with Crippen LogP contribution >= 0.6 is 0 Å². The van der Waals surface area contributed by atoms with E-state index in [0.29, 0.717) is 0 Å². The Kier molecular flexibility index (Phi) is 10.3. The molecule has 102 valence electrons. The zero-order valence-electron chi connectivity index (χ0n) is 12.1. The van der Waals surface area contributed by atoms with Crippen LogP contribution in [0.15, 0.2) is 0 Å². The summed E-state index contributed by atoms with van der Waals surface area (Å²) < 4.78 is 5.61. The maximum Gasteiger partial charge on any atom is 0.309 e. The second-order valence-electron chi connectivity index (χ2n) is 4.86. The molecular formula is C15H30O2. The van der Waals surface area contributed by atoms with Crippen molar-refractivity contribution >= 4 is 5.97 Å². The van der Waals surface area contributed by atoms with Gasteiger partial charge in [0.25, 0.3) is 0 Å². The first-order chi connectivity index (χ1) is 8.19. The molecule has 0 aromatic heterocycles. The molecule has 0 saturated carbocycles. The molecule has 17 heavy (non-hydrogen) atoms. The maximum absolute atomic E-state index is 12.0. The second kappa shape index (κ2) is 10.6. The summed E-state index contributed by atoms with van der Waals surface area (Å²) in [4.78, 5) is 12.0. The van der Waals surface area contributed by atoms with Gasteiger partial charge in [0.05, 0.1) is 5.92 Å². The molecule has 0 saturated heterocycles. The maximum atomic E-state index is 12.0. The number of hydrogen-bond acceptors (Lipinski definition) is 2. The van der Waals surface area contributed by atoms with Gasteiger partial charge in [-0.3, -0.25) is 4.79 Å². The predicted molar refractivity (Wildman–Crippen MR) is 73.0 cm³/mol. The lowest BCUT2D eigenvalue weighted by molar-refractivity contribution is -0.155. The molecule has 0 aliphatic rings. The third-order valence-corrected chi connectivity index (χ3v) is 3.35. The summed E-state index contributed by atoms with van der Waals surface area (Å²) in [5.74, 6) is 0.148. The minimum absolute atomic E-state index is 0.0314. The van der Waals surface area contributed by atoms with E-state index in [4.69, 9.17) is 4.74 Å². The minimum Gasteiger partial charge on any atom is -0.462 e. The quantitative estimate of drug-likeness (QED) is 0.518. The standard InChI is InChI=1S/C15H30O2/c1-5-9-11-13(7-3)15(16)17-14(8-4)12-10-6-2/h13-14H,5-12H2,1-4H3. The molecule has 0 aliphatic carbocycles. The Labute approximate surface area is 107 Å². The van der Waals surface area contributed by atoms with Crippen molar-refractivity contribution in [2.24, 2.45) is 5.92 Å². The molecular weight excluding hydrogens is 212 g/mol. The highest BCUT2D eigenvalue weighted by molar-refractivity contribution is 5.72. The van der Waals surface area contributed by atoms with Gasteiger partial charge in [0, 0.05) is 0 Å². The first kappa shape index (κ1) is 16.5. The van der Waals surface area contributed by atoms with Crippen LogP contribution in [0.5, 0.6) is 0 Å². The Morgan fingerprint density at radius 1 is 0.941 bits per heavy atom. The van der Waals surface area contributed by atoms with E-state index in [1.165, 1.54) is 6.42 Å². The molecule has 0 radical (unpaired) electrons. The van der Waals surface area contributed by atoms with Crippen molar-refractivity contribution in [2.75, 3.05) is 0 Å². The van der Waals surface area contributed by atoms with E-state index in [2.05, 4.69) is 27.7 Å². The molecule has 0 heterocycles. The third kappa shape index (κ3) is 7.40. The first-order valence-electron chi connectivity index (χ1n) is 7.39. The number of hydrogen-bond donors (Lipinski definition) is 0. The Hall–Kier alpha value is -0.530. The molecule has 0 bridgehead atoms. The predicted octanol–water partition coefficient (Wildman–Crippen LogP) is 4.71. The van der Waals surface area contributed by atoms with Gasteiger partial charge in [0.2, 0.25) is 0 Å². The zero-order valence-corrected chi connectivity index (χ0v) is 12.1. The van der Waals surface area contributed by atoms with Crippen LogP contribution in [0.2, 0.25) is 0 Å². The number of ether oxygens (including phenoxy) is 1. The molecule has 0 amide bonds. The highest BCUT2D eigenvalue weighted by Gasteiger charge is 2.20. The largest absolute Gasteiger partial charge is 0.462 e. The average molecular weight is 242 g/mol. The molecule has 0 aliphatic heterocycles. The van der Waals surface area contributed by atoms with E-state index in [-0.39, 0.29) is 18.0 Å². The van der Waals surface area contributed by atoms with Crippen LogP contribution in [0, 0.1) is 5.92 Å². The fourth-order valence-corrected chi connectivity index (χ4v) is 1.98. The lowest BCUT2D eigenvalue weighted by Gasteiger charge is -2.20. The summed E-state index contributed by atoms with van der Waals surface area (Å²) in [7, 11) is 0. The van der Waals surface area contributed by atoms with E-state index in [0.717, 1.165) is 44.9 Å². The van der Waals surface area contributed by atoms with E-state index >= 15 is 0 Å². The lowest BCUT2D eigenvalue weighted by Crippen LogP contribution is -2.23. The van der Waals surface area contributed by atoms with Crippen LogP contribution in [0.1, 0.15) is 79.1 Å². The van der Waals surface area contributed by atoms with Crippen LogP contribution in [0.4, 0.5) is 0 Å². The molecule has 2 unspecified atom stereocenters. The summed E-state index contributed by atoms with van der Waals surface area (Å²) in [5.41, 5.74) is 0. The van der Waals surface area contributed by atoms with Crippen LogP contribution in [0.3, 0.4) is 0 Å². The fourth-order valence-electron chi connectivity index (χ4n) is 1.98. The van der Waals surface area contributed by atoms with Gasteiger partial charge in [-0.2, -0.15) is 0 Å². The molecule has 2 heteroatoms. The van der Waals surface area contributed by atoms with Crippen molar-refractivity contribution in [3.05, 3.63) is 0 Å². The van der Waals surface area contributed by atoms with Crippen LogP contribution in [-0.2, 0) is 9.53 Å². The Bertz CT molecular complexity index is 189. The number of rotatable bonds is 10. The molecule has 0 aromatic rings. The molecule has 0 spiro atoms. The monoisotopic (exact) mass is 242 g/mol. The van der Waals surface area contributed by atoms with Crippen LogP contribution in [0.25, 0.3) is 0 Å². The number of carbonyl (C=O) groups excluding carboxylic acids is 1. The number of unbranched alkanes of at least 4 members (excludes halogenated alkanes) is 2. The van der Waals surface area contributed by atoms with Crippen LogP contribution in [-0.4, -0.2) is 12.1 Å². The topological polar surface area (TPSA) is 26.3 Å². The first-order valence-corrected chi connectivity index (χ1v) is 7.39. The SMILES string of the molecule is CCCCC(CC)OC(=O)C(CC)CCCC. The van der Waals surface area contributed by atoms with Crippen molar-refractivity contribution in [3.8, 4) is 0 Å². The van der Waals surface area contributed by atoms with Gasteiger partial charge < -0.3 is 4.74 Å². The highest BCUT2D eigenvalue weighted by Crippen LogP contribution is 2.17. The van der Waals surface area contributed by atoms with Crippen LogP contribution < -0.4 is 0 Å². The minimum atomic E-state index is 0.0314. The van der Waals surface area contributed by atoms with Gasteiger partial charge in [0.15, 0.2) is 0 Å². The Morgan fingerprint density at radius 2 is 1.53 bits per heavy atom. The van der Waals surface area contributed by atoms with Gasteiger partial charge in [-0.25, -0.2) is 0 Å². The van der Waals surface area contributed by atoms with Crippen molar-refractivity contribution in [3.63, 3.8) is 0 Å². The van der Waals surface area contributed by atoms with Crippen molar-refractivity contribution in [2.45, 2.75) is 85.2 Å². The van der Waals surface area contributed by atoms with Gasteiger partial charge in [-0.05, 0) is 25.7 Å². The summed E-state index contributed by atoms with van der Waals surface area (Å²) in [6.07, 6.45) is 8.57.